The highest BCUT2D eigenvalue weighted by Gasteiger charge is 2.00. The fourth-order valence-corrected chi connectivity index (χ4v) is 0.893. The maximum Gasteiger partial charge on any atom is 0.233 e. The van der Waals surface area contributed by atoms with Gasteiger partial charge in [-0.25, -0.2) is 0 Å². The minimum atomic E-state index is 0.00542. The van der Waals surface area contributed by atoms with Crippen molar-refractivity contribution >= 4 is 5.91 Å². The minimum Gasteiger partial charge on any atom is -0.394 e. The van der Waals surface area contributed by atoms with Crippen LogP contribution in [0.25, 0.3) is 0 Å². The van der Waals surface area contributed by atoms with Crippen LogP contribution in [0.2, 0.25) is 0 Å². The molecule has 0 heterocycles. The number of aliphatic hydroxyl groups is 1. The van der Waals surface area contributed by atoms with Crippen LogP contribution in [0, 0.1) is 5.92 Å². The quantitative estimate of drug-likeness (QED) is 0.450. The Balaban J connectivity index is 3.17. The van der Waals surface area contributed by atoms with E-state index in [2.05, 4.69) is 24.5 Å². The Kier molecular flexibility index (Phi) is 9.46. The molecule has 0 aliphatic rings. The Morgan fingerprint density at radius 3 is 2.73 bits per heavy atom. The number of rotatable bonds is 9. The first kappa shape index (κ1) is 14.3. The lowest BCUT2D eigenvalue weighted by molar-refractivity contribution is -0.120. The Morgan fingerprint density at radius 1 is 1.40 bits per heavy atom. The molecule has 0 rings (SSSR count). The van der Waals surface area contributed by atoms with Crippen LogP contribution >= 0.6 is 0 Å². The maximum absolute atomic E-state index is 11.2. The summed E-state index contributed by atoms with van der Waals surface area (Å²) in [4.78, 5) is 11.2. The average Bonchev–Trinajstić information content (AvgIpc) is 2.20. The molecule has 0 aromatic carbocycles. The summed E-state index contributed by atoms with van der Waals surface area (Å²) in [6, 6.07) is 0. The smallest absolute Gasteiger partial charge is 0.233 e. The van der Waals surface area contributed by atoms with Crippen LogP contribution in [0.4, 0.5) is 0 Å². The molecular weight excluding hydrogens is 196 g/mol. The van der Waals surface area contributed by atoms with E-state index in [1.165, 1.54) is 0 Å². The number of aliphatic hydroxyl groups excluding tert-OH is 1. The van der Waals surface area contributed by atoms with Gasteiger partial charge in [0.15, 0.2) is 0 Å². The largest absolute Gasteiger partial charge is 0.394 e. The highest BCUT2D eigenvalue weighted by molar-refractivity contribution is 5.77. The molecule has 3 N–H and O–H groups in total. The molecule has 0 aromatic heterocycles. The van der Waals surface area contributed by atoms with E-state index in [9.17, 15) is 4.79 Å². The van der Waals surface area contributed by atoms with Gasteiger partial charge in [-0.05, 0) is 5.92 Å². The summed E-state index contributed by atoms with van der Waals surface area (Å²) < 4.78 is 5.02. The van der Waals surface area contributed by atoms with Crippen LogP contribution in [0.5, 0.6) is 0 Å². The molecule has 5 heteroatoms. The molecule has 0 bridgehead atoms. The third-order valence-electron chi connectivity index (χ3n) is 1.65. The van der Waals surface area contributed by atoms with Gasteiger partial charge in [-0.15, -0.1) is 0 Å². The number of carbonyl (C=O) groups is 1. The molecule has 15 heavy (non-hydrogen) atoms. The van der Waals surface area contributed by atoms with Crippen LogP contribution in [0.15, 0.2) is 0 Å². The van der Waals surface area contributed by atoms with Gasteiger partial charge < -0.3 is 20.5 Å². The van der Waals surface area contributed by atoms with E-state index < -0.39 is 0 Å². The third kappa shape index (κ3) is 11.3. The molecule has 0 unspecified atom stereocenters. The first-order valence-electron chi connectivity index (χ1n) is 5.32. The second kappa shape index (κ2) is 9.89. The summed E-state index contributed by atoms with van der Waals surface area (Å²) in [6.07, 6.45) is 0. The molecule has 0 spiro atoms. The molecule has 0 aliphatic carbocycles. The SMILES string of the molecule is CC(C)CNC(=O)CNCCOCCO. The van der Waals surface area contributed by atoms with E-state index in [1.807, 2.05) is 0 Å². The molecule has 0 atom stereocenters. The average molecular weight is 218 g/mol. The molecule has 0 saturated heterocycles. The zero-order valence-electron chi connectivity index (χ0n) is 9.58. The standard InChI is InChI=1S/C10H22N2O3/c1-9(2)7-12-10(14)8-11-3-5-15-6-4-13/h9,11,13H,3-8H2,1-2H3,(H,12,14). The third-order valence-corrected chi connectivity index (χ3v) is 1.65. The molecular formula is C10H22N2O3. The molecule has 0 saturated carbocycles. The van der Waals surface area contributed by atoms with Crippen molar-refractivity contribution < 1.29 is 14.6 Å². The van der Waals surface area contributed by atoms with Crippen molar-refractivity contribution in [3.63, 3.8) is 0 Å². The lowest BCUT2D eigenvalue weighted by Gasteiger charge is -2.08. The predicted molar refractivity (Wildman–Crippen MR) is 58.6 cm³/mol. The first-order chi connectivity index (χ1) is 7.16. The minimum absolute atomic E-state index is 0.00542. The summed E-state index contributed by atoms with van der Waals surface area (Å²) in [5.41, 5.74) is 0. The summed E-state index contributed by atoms with van der Waals surface area (Å²) >= 11 is 0. The van der Waals surface area contributed by atoms with Crippen molar-refractivity contribution in [3.8, 4) is 0 Å². The van der Waals surface area contributed by atoms with Crippen molar-refractivity contribution in [1.29, 1.82) is 0 Å². The fourth-order valence-electron chi connectivity index (χ4n) is 0.893. The highest BCUT2D eigenvalue weighted by atomic mass is 16.5. The van der Waals surface area contributed by atoms with Gasteiger partial charge in [0.05, 0.1) is 26.4 Å². The van der Waals surface area contributed by atoms with E-state index in [0.29, 0.717) is 38.8 Å². The number of carbonyl (C=O) groups excluding carboxylic acids is 1. The van der Waals surface area contributed by atoms with Gasteiger partial charge >= 0.3 is 0 Å². The summed E-state index contributed by atoms with van der Waals surface area (Å²) in [6.45, 7) is 6.65. The van der Waals surface area contributed by atoms with E-state index in [-0.39, 0.29) is 12.5 Å². The number of hydrogen-bond acceptors (Lipinski definition) is 4. The van der Waals surface area contributed by atoms with Gasteiger partial charge in [0.1, 0.15) is 0 Å². The molecule has 5 nitrogen and oxygen atoms in total. The summed E-state index contributed by atoms with van der Waals surface area (Å²) in [5.74, 6) is 0.479. The molecule has 0 aliphatic heterocycles. The lowest BCUT2D eigenvalue weighted by Crippen LogP contribution is -2.36. The molecule has 90 valence electrons. The number of amides is 1. The maximum atomic E-state index is 11.2. The second-order valence-corrected chi connectivity index (χ2v) is 3.71. The second-order valence-electron chi connectivity index (χ2n) is 3.71. The van der Waals surface area contributed by atoms with Crippen LogP contribution < -0.4 is 10.6 Å². The van der Waals surface area contributed by atoms with E-state index in [4.69, 9.17) is 9.84 Å². The first-order valence-corrected chi connectivity index (χ1v) is 5.32. The van der Waals surface area contributed by atoms with Crippen LogP contribution in [-0.2, 0) is 9.53 Å². The van der Waals surface area contributed by atoms with Crippen LogP contribution in [-0.4, -0.2) is 50.5 Å². The van der Waals surface area contributed by atoms with E-state index >= 15 is 0 Å². The molecule has 0 radical (unpaired) electrons. The summed E-state index contributed by atoms with van der Waals surface area (Å²) in [7, 11) is 0. The van der Waals surface area contributed by atoms with Gasteiger partial charge in [-0.2, -0.15) is 0 Å². The van der Waals surface area contributed by atoms with E-state index in [0.717, 1.165) is 0 Å². The van der Waals surface area contributed by atoms with Gasteiger partial charge in [-0.3, -0.25) is 4.79 Å². The normalized spacial score (nSPS) is 10.7. The van der Waals surface area contributed by atoms with Gasteiger partial charge in [0.25, 0.3) is 0 Å². The number of nitrogens with one attached hydrogen (secondary N) is 2. The van der Waals surface area contributed by atoms with Gasteiger partial charge in [0.2, 0.25) is 5.91 Å². The lowest BCUT2D eigenvalue weighted by atomic mass is 10.2. The monoisotopic (exact) mass is 218 g/mol. The van der Waals surface area contributed by atoms with E-state index in [1.54, 1.807) is 0 Å². The topological polar surface area (TPSA) is 70.6 Å². The predicted octanol–water partition coefficient (Wildman–Crippen LogP) is -0.643. The zero-order valence-corrected chi connectivity index (χ0v) is 9.58. The Labute approximate surface area is 91.2 Å². The van der Waals surface area contributed by atoms with Crippen molar-refractivity contribution in [2.24, 2.45) is 5.92 Å². The summed E-state index contributed by atoms with van der Waals surface area (Å²) in [5, 5.41) is 14.2. The van der Waals surface area contributed by atoms with Crippen molar-refractivity contribution in [2.75, 3.05) is 39.5 Å². The van der Waals surface area contributed by atoms with Crippen molar-refractivity contribution in [1.82, 2.24) is 10.6 Å². The molecule has 0 fully saturated rings. The molecule has 0 aromatic rings. The Bertz CT molecular complexity index is 163. The highest BCUT2D eigenvalue weighted by Crippen LogP contribution is 1.86. The van der Waals surface area contributed by atoms with Gasteiger partial charge in [0, 0.05) is 13.1 Å². The Hall–Kier alpha value is -0.650. The molecule has 1 amide bonds. The van der Waals surface area contributed by atoms with Crippen molar-refractivity contribution in [2.45, 2.75) is 13.8 Å². The fraction of sp³-hybridized carbons (Fsp3) is 0.900. The van der Waals surface area contributed by atoms with Crippen LogP contribution in [0.3, 0.4) is 0 Å². The number of ether oxygens (including phenoxy) is 1. The van der Waals surface area contributed by atoms with Crippen molar-refractivity contribution in [3.05, 3.63) is 0 Å². The van der Waals surface area contributed by atoms with Crippen LogP contribution in [0.1, 0.15) is 13.8 Å². The number of hydrogen-bond donors (Lipinski definition) is 3. The van der Waals surface area contributed by atoms with Gasteiger partial charge in [-0.1, -0.05) is 13.8 Å². The zero-order chi connectivity index (χ0) is 11.5. The Morgan fingerprint density at radius 2 is 2.13 bits per heavy atom.